The van der Waals surface area contributed by atoms with E-state index in [4.69, 9.17) is 21.1 Å². The summed E-state index contributed by atoms with van der Waals surface area (Å²) in [4.78, 5) is 26.0. The monoisotopic (exact) mass is 487 g/mol. The standard InChI is InChI=1S/C25H22ClN7O2/c1-15-19(12-17-6-3-4-8-21(17)26)16(2)33-23(30-15)20(14-29-33)24(34)28-11-9-22-31-25(35-32-22)18-7-5-10-27-13-18/h3-8,10,13-14H,9,11-12H2,1-2H3,(H,28,34). The van der Waals surface area contributed by atoms with Crippen molar-refractivity contribution in [2.24, 2.45) is 0 Å². The van der Waals surface area contributed by atoms with E-state index >= 15 is 0 Å². The van der Waals surface area contributed by atoms with Gasteiger partial charge in [-0.05, 0) is 43.2 Å². The second-order valence-corrected chi connectivity index (χ2v) is 8.49. The number of halogens is 1. The molecule has 4 aromatic heterocycles. The molecule has 9 nitrogen and oxygen atoms in total. The number of pyridine rings is 1. The lowest BCUT2D eigenvalue weighted by atomic mass is 10.0. The van der Waals surface area contributed by atoms with Crippen molar-refractivity contribution in [1.82, 2.24) is 35.0 Å². The summed E-state index contributed by atoms with van der Waals surface area (Å²) in [7, 11) is 0. The Hall–Kier alpha value is -4.11. The summed E-state index contributed by atoms with van der Waals surface area (Å²) >= 11 is 6.35. The van der Waals surface area contributed by atoms with E-state index < -0.39 is 0 Å². The Morgan fingerprint density at radius 1 is 1.11 bits per heavy atom. The molecule has 10 heteroatoms. The summed E-state index contributed by atoms with van der Waals surface area (Å²) in [6.45, 7) is 4.24. The number of hydrogen-bond acceptors (Lipinski definition) is 7. The molecule has 0 bridgehead atoms. The molecule has 0 spiro atoms. The van der Waals surface area contributed by atoms with E-state index in [0.717, 1.165) is 28.1 Å². The Balaban J connectivity index is 1.29. The summed E-state index contributed by atoms with van der Waals surface area (Å²) in [5.74, 6) is 0.629. The first kappa shape index (κ1) is 22.7. The zero-order chi connectivity index (χ0) is 24.4. The Morgan fingerprint density at radius 2 is 1.97 bits per heavy atom. The lowest BCUT2D eigenvalue weighted by molar-refractivity contribution is 0.0955. The van der Waals surface area contributed by atoms with Crippen molar-refractivity contribution in [2.75, 3.05) is 6.54 Å². The molecule has 35 heavy (non-hydrogen) atoms. The van der Waals surface area contributed by atoms with Gasteiger partial charge >= 0.3 is 0 Å². The van der Waals surface area contributed by atoms with Gasteiger partial charge in [-0.1, -0.05) is 35.0 Å². The maximum Gasteiger partial charge on any atom is 0.259 e. The van der Waals surface area contributed by atoms with Crippen LogP contribution in [0.1, 0.15) is 38.7 Å². The van der Waals surface area contributed by atoms with Gasteiger partial charge in [0.25, 0.3) is 11.8 Å². The van der Waals surface area contributed by atoms with Gasteiger partial charge in [0, 0.05) is 48.2 Å². The highest BCUT2D eigenvalue weighted by Gasteiger charge is 2.19. The number of nitrogens with zero attached hydrogens (tertiary/aromatic N) is 6. The van der Waals surface area contributed by atoms with Crippen LogP contribution >= 0.6 is 11.6 Å². The SMILES string of the molecule is Cc1nc2c(C(=O)NCCc3noc(-c4cccnc4)n3)cnn2c(C)c1Cc1ccccc1Cl. The van der Waals surface area contributed by atoms with E-state index in [1.165, 1.54) is 6.20 Å². The molecular weight excluding hydrogens is 466 g/mol. The fourth-order valence-corrected chi connectivity index (χ4v) is 4.11. The molecule has 0 saturated heterocycles. The molecule has 1 N–H and O–H groups in total. The molecule has 5 aromatic rings. The molecule has 0 saturated carbocycles. The van der Waals surface area contributed by atoms with Crippen LogP contribution in [0.25, 0.3) is 17.1 Å². The molecule has 0 atom stereocenters. The van der Waals surface area contributed by atoms with Gasteiger partial charge in [-0.25, -0.2) is 9.50 Å². The molecule has 5 rings (SSSR count). The predicted octanol–water partition coefficient (Wildman–Crippen LogP) is 4.01. The first-order valence-corrected chi connectivity index (χ1v) is 11.5. The number of hydrogen-bond donors (Lipinski definition) is 1. The third-order valence-electron chi connectivity index (χ3n) is 5.79. The highest BCUT2D eigenvalue weighted by atomic mass is 35.5. The smallest absolute Gasteiger partial charge is 0.259 e. The molecule has 0 aliphatic heterocycles. The lowest BCUT2D eigenvalue weighted by Gasteiger charge is -2.12. The molecule has 0 aliphatic rings. The summed E-state index contributed by atoms with van der Waals surface area (Å²) in [5.41, 5.74) is 5.46. The fraction of sp³-hybridized carbons (Fsp3) is 0.200. The highest BCUT2D eigenvalue weighted by Crippen LogP contribution is 2.24. The Labute approximate surface area is 206 Å². The van der Waals surface area contributed by atoms with Crippen LogP contribution in [0.2, 0.25) is 5.02 Å². The number of carbonyl (C=O) groups is 1. The maximum atomic E-state index is 12.9. The Kier molecular flexibility index (Phi) is 6.24. The quantitative estimate of drug-likeness (QED) is 0.369. The van der Waals surface area contributed by atoms with Crippen LogP contribution in [-0.4, -0.2) is 42.2 Å². The van der Waals surface area contributed by atoms with E-state index in [-0.39, 0.29) is 5.91 Å². The number of amides is 1. The van der Waals surface area contributed by atoms with Gasteiger partial charge in [0.15, 0.2) is 11.5 Å². The van der Waals surface area contributed by atoms with Crippen molar-refractivity contribution in [2.45, 2.75) is 26.7 Å². The Morgan fingerprint density at radius 3 is 2.77 bits per heavy atom. The number of aromatic nitrogens is 6. The van der Waals surface area contributed by atoms with Crippen LogP contribution in [-0.2, 0) is 12.8 Å². The van der Waals surface area contributed by atoms with E-state index in [2.05, 4.69) is 25.5 Å². The van der Waals surface area contributed by atoms with Crippen LogP contribution < -0.4 is 5.32 Å². The van der Waals surface area contributed by atoms with Crippen LogP contribution in [0.5, 0.6) is 0 Å². The van der Waals surface area contributed by atoms with E-state index in [0.29, 0.717) is 47.3 Å². The Bertz CT molecular complexity index is 1510. The minimum Gasteiger partial charge on any atom is -0.351 e. The van der Waals surface area contributed by atoms with Crippen LogP contribution in [0, 0.1) is 13.8 Å². The first-order valence-electron chi connectivity index (χ1n) is 11.1. The third kappa shape index (κ3) is 4.63. The summed E-state index contributed by atoms with van der Waals surface area (Å²) in [6, 6.07) is 11.4. The van der Waals surface area contributed by atoms with Crippen LogP contribution in [0.3, 0.4) is 0 Å². The van der Waals surface area contributed by atoms with Crippen molar-refractivity contribution in [1.29, 1.82) is 0 Å². The predicted molar refractivity (Wildman–Crippen MR) is 130 cm³/mol. The van der Waals surface area contributed by atoms with E-state index in [1.54, 1.807) is 23.0 Å². The second kappa shape index (κ2) is 9.63. The molecule has 0 radical (unpaired) electrons. The van der Waals surface area contributed by atoms with Crippen molar-refractivity contribution in [3.8, 4) is 11.5 Å². The van der Waals surface area contributed by atoms with Gasteiger partial charge in [-0.2, -0.15) is 10.1 Å². The molecule has 0 fully saturated rings. The minimum absolute atomic E-state index is 0.263. The number of aryl methyl sites for hydroxylation is 2. The van der Waals surface area contributed by atoms with Gasteiger partial charge < -0.3 is 9.84 Å². The zero-order valence-electron chi connectivity index (χ0n) is 19.2. The molecule has 4 heterocycles. The number of nitrogens with one attached hydrogen (secondary N) is 1. The van der Waals surface area contributed by atoms with Gasteiger partial charge in [0.05, 0.1) is 11.8 Å². The second-order valence-electron chi connectivity index (χ2n) is 8.09. The molecule has 0 unspecified atom stereocenters. The van der Waals surface area contributed by atoms with Gasteiger partial charge in [0.1, 0.15) is 5.56 Å². The molecular formula is C25H22ClN7O2. The van der Waals surface area contributed by atoms with Gasteiger partial charge in [0.2, 0.25) is 0 Å². The summed E-state index contributed by atoms with van der Waals surface area (Å²) < 4.78 is 6.98. The normalized spacial score (nSPS) is 11.2. The number of carbonyl (C=O) groups excluding carboxylic acids is 1. The van der Waals surface area contributed by atoms with Gasteiger partial charge in [-0.15, -0.1) is 0 Å². The topological polar surface area (TPSA) is 111 Å². The van der Waals surface area contributed by atoms with Crippen molar-refractivity contribution in [3.63, 3.8) is 0 Å². The van der Waals surface area contributed by atoms with Crippen molar-refractivity contribution >= 4 is 23.2 Å². The fourth-order valence-electron chi connectivity index (χ4n) is 3.90. The first-order chi connectivity index (χ1) is 17.0. The number of fused-ring (bicyclic) bond motifs is 1. The average Bonchev–Trinajstić information content (AvgIpc) is 3.51. The molecule has 1 aromatic carbocycles. The molecule has 0 aliphatic carbocycles. The highest BCUT2D eigenvalue weighted by molar-refractivity contribution is 6.31. The largest absolute Gasteiger partial charge is 0.351 e. The van der Waals surface area contributed by atoms with Gasteiger partial charge in [-0.3, -0.25) is 9.78 Å². The average molecular weight is 488 g/mol. The van der Waals surface area contributed by atoms with E-state index in [9.17, 15) is 4.79 Å². The zero-order valence-corrected chi connectivity index (χ0v) is 20.0. The van der Waals surface area contributed by atoms with Crippen LogP contribution in [0.15, 0.2) is 59.5 Å². The molecule has 176 valence electrons. The van der Waals surface area contributed by atoms with Crippen LogP contribution in [0.4, 0.5) is 0 Å². The van der Waals surface area contributed by atoms with E-state index in [1.807, 2.05) is 44.2 Å². The van der Waals surface area contributed by atoms with Crippen molar-refractivity contribution < 1.29 is 9.32 Å². The minimum atomic E-state index is -0.263. The number of benzene rings is 1. The summed E-state index contributed by atoms with van der Waals surface area (Å²) in [6.07, 6.45) is 5.92. The third-order valence-corrected chi connectivity index (χ3v) is 6.16. The van der Waals surface area contributed by atoms with Crippen molar-refractivity contribution in [3.05, 3.63) is 93.9 Å². The summed E-state index contributed by atoms with van der Waals surface area (Å²) in [5, 5.41) is 12.0. The maximum absolute atomic E-state index is 12.9. The molecule has 1 amide bonds. The lowest BCUT2D eigenvalue weighted by Crippen LogP contribution is -2.26. The number of rotatable bonds is 7.